The minimum Gasteiger partial charge on any atom is -0.452 e. The molecule has 0 aliphatic rings. The van der Waals surface area contributed by atoms with Crippen molar-refractivity contribution in [3.05, 3.63) is 76.4 Å². The minimum atomic E-state index is -0.946. The minimum absolute atomic E-state index is 0.286. The zero-order valence-corrected chi connectivity index (χ0v) is 14.5. The number of rotatable bonds is 5. The van der Waals surface area contributed by atoms with Crippen LogP contribution in [0.15, 0.2) is 63.8 Å². The van der Waals surface area contributed by atoms with Gasteiger partial charge in [0.2, 0.25) is 0 Å². The second-order valence-corrected chi connectivity index (χ2v) is 5.68. The molecule has 138 valence electrons. The molecule has 1 heterocycles. The van der Waals surface area contributed by atoms with E-state index in [-0.39, 0.29) is 5.56 Å². The first-order valence-electron chi connectivity index (χ1n) is 8.25. The molecular formula is C20H16FNO5. The molecule has 2 aromatic carbocycles. The number of benzene rings is 2. The van der Waals surface area contributed by atoms with Gasteiger partial charge in [-0.25, -0.2) is 14.0 Å². The third-order valence-electron chi connectivity index (χ3n) is 3.94. The maximum Gasteiger partial charge on any atom is 0.351 e. The van der Waals surface area contributed by atoms with Gasteiger partial charge in [-0.1, -0.05) is 18.2 Å². The molecule has 0 fully saturated rings. The average molecular weight is 369 g/mol. The fraction of sp³-hybridized carbons (Fsp3) is 0.150. The molecule has 6 nitrogen and oxygen atoms in total. The molecule has 1 aromatic heterocycles. The molecule has 27 heavy (non-hydrogen) atoms. The molecule has 7 heteroatoms. The second kappa shape index (κ2) is 7.82. The van der Waals surface area contributed by atoms with Gasteiger partial charge in [-0.2, -0.15) is 0 Å². The van der Waals surface area contributed by atoms with Crippen molar-refractivity contribution in [2.24, 2.45) is 0 Å². The lowest BCUT2D eigenvalue weighted by Crippen LogP contribution is -2.35. The summed E-state index contributed by atoms with van der Waals surface area (Å²) in [6, 6.07) is 13.5. The van der Waals surface area contributed by atoms with E-state index in [1.165, 1.54) is 35.2 Å². The van der Waals surface area contributed by atoms with Crippen molar-refractivity contribution in [3.8, 4) is 0 Å². The molecule has 0 aliphatic heterocycles. The molecule has 0 atom stereocenters. The number of carbonyl (C=O) groups excluding carboxylic acids is 2. The summed E-state index contributed by atoms with van der Waals surface area (Å²) in [5.74, 6) is -1.86. The molecule has 0 spiro atoms. The third kappa shape index (κ3) is 4.03. The van der Waals surface area contributed by atoms with Crippen LogP contribution in [0, 0.1) is 5.82 Å². The summed E-state index contributed by atoms with van der Waals surface area (Å²) < 4.78 is 23.1. The number of amides is 1. The van der Waals surface area contributed by atoms with Gasteiger partial charge in [0.1, 0.15) is 17.0 Å². The highest BCUT2D eigenvalue weighted by Crippen LogP contribution is 2.16. The number of hydrogen-bond donors (Lipinski definition) is 0. The summed E-state index contributed by atoms with van der Waals surface area (Å²) in [5.41, 5.74) is -0.294. The molecular weight excluding hydrogens is 353 g/mol. The Morgan fingerprint density at radius 1 is 1.11 bits per heavy atom. The van der Waals surface area contributed by atoms with Gasteiger partial charge in [-0.15, -0.1) is 0 Å². The van der Waals surface area contributed by atoms with Crippen LogP contribution in [0.4, 0.5) is 10.1 Å². The van der Waals surface area contributed by atoms with Crippen molar-refractivity contribution in [2.45, 2.75) is 6.92 Å². The van der Waals surface area contributed by atoms with Gasteiger partial charge in [0.05, 0.1) is 0 Å². The van der Waals surface area contributed by atoms with E-state index in [1.807, 2.05) is 0 Å². The molecule has 0 unspecified atom stereocenters. The topological polar surface area (TPSA) is 76.8 Å². The van der Waals surface area contributed by atoms with Crippen molar-refractivity contribution >= 4 is 28.5 Å². The lowest BCUT2D eigenvalue weighted by atomic mass is 10.2. The number of fused-ring (bicyclic) bond motifs is 1. The quantitative estimate of drug-likeness (QED) is 0.510. The Morgan fingerprint density at radius 2 is 1.81 bits per heavy atom. The summed E-state index contributed by atoms with van der Waals surface area (Å²) in [7, 11) is 0. The summed E-state index contributed by atoms with van der Waals surface area (Å²) in [4.78, 5) is 37.9. The van der Waals surface area contributed by atoms with Crippen LogP contribution in [0.25, 0.3) is 11.0 Å². The first-order chi connectivity index (χ1) is 13.0. The SMILES string of the molecule is CCN(C(=O)COC(=O)c1cc2ccccc2oc1=O)c1ccc(F)cc1. The number of hydrogen-bond acceptors (Lipinski definition) is 5. The molecule has 0 saturated carbocycles. The van der Waals surface area contributed by atoms with E-state index in [1.54, 1.807) is 31.2 Å². The molecule has 1 amide bonds. The van der Waals surface area contributed by atoms with Crippen LogP contribution in [-0.4, -0.2) is 25.0 Å². The van der Waals surface area contributed by atoms with E-state index >= 15 is 0 Å². The monoisotopic (exact) mass is 369 g/mol. The number of halogens is 1. The highest BCUT2D eigenvalue weighted by molar-refractivity contribution is 5.97. The smallest absolute Gasteiger partial charge is 0.351 e. The predicted molar refractivity (Wildman–Crippen MR) is 97.2 cm³/mol. The van der Waals surface area contributed by atoms with Crippen molar-refractivity contribution in [3.63, 3.8) is 0 Å². The van der Waals surface area contributed by atoms with Crippen LogP contribution in [-0.2, 0) is 9.53 Å². The van der Waals surface area contributed by atoms with Gasteiger partial charge in [0.15, 0.2) is 6.61 Å². The number of esters is 1. The van der Waals surface area contributed by atoms with E-state index in [2.05, 4.69) is 0 Å². The maximum absolute atomic E-state index is 13.0. The Hall–Kier alpha value is -3.48. The summed E-state index contributed by atoms with van der Waals surface area (Å²) in [6.07, 6.45) is 0. The molecule has 0 aliphatic carbocycles. The molecule has 0 N–H and O–H groups in total. The maximum atomic E-state index is 13.0. The normalized spacial score (nSPS) is 10.6. The summed E-state index contributed by atoms with van der Waals surface area (Å²) in [5, 5.41) is 0.567. The number of para-hydroxylation sites is 1. The Bertz CT molecular complexity index is 1040. The fourth-order valence-corrected chi connectivity index (χ4v) is 2.61. The van der Waals surface area contributed by atoms with Gasteiger partial charge in [0.25, 0.3) is 5.91 Å². The molecule has 0 bridgehead atoms. The first-order valence-corrected chi connectivity index (χ1v) is 8.25. The number of likely N-dealkylation sites (N-methyl/N-ethyl adjacent to an activating group) is 1. The highest BCUT2D eigenvalue weighted by atomic mass is 19.1. The standard InChI is InChI=1S/C20H16FNO5/c1-2-22(15-9-7-14(21)8-10-15)18(23)12-26-19(24)16-11-13-5-3-4-6-17(13)27-20(16)25/h3-11H,2,12H2,1H3. The number of nitrogens with zero attached hydrogens (tertiary/aromatic N) is 1. The third-order valence-corrected chi connectivity index (χ3v) is 3.94. The van der Waals surface area contributed by atoms with E-state index in [0.717, 1.165) is 0 Å². The van der Waals surface area contributed by atoms with Crippen LogP contribution >= 0.6 is 0 Å². The Balaban J connectivity index is 1.73. The molecule has 3 aromatic rings. The van der Waals surface area contributed by atoms with Crippen molar-refractivity contribution < 1.29 is 23.1 Å². The predicted octanol–water partition coefficient (Wildman–Crippen LogP) is 3.14. The van der Waals surface area contributed by atoms with E-state index < -0.39 is 29.9 Å². The van der Waals surface area contributed by atoms with E-state index in [9.17, 15) is 18.8 Å². The Kier molecular flexibility index (Phi) is 5.30. The van der Waals surface area contributed by atoms with Crippen molar-refractivity contribution in [1.29, 1.82) is 0 Å². The average Bonchev–Trinajstić information content (AvgIpc) is 2.67. The fourth-order valence-electron chi connectivity index (χ4n) is 2.61. The van der Waals surface area contributed by atoms with Gasteiger partial charge in [0, 0.05) is 17.6 Å². The summed E-state index contributed by atoms with van der Waals surface area (Å²) in [6.45, 7) is 1.48. The number of ether oxygens (including phenoxy) is 1. The first kappa shape index (κ1) is 18.3. The Labute approximate surface area is 153 Å². The van der Waals surface area contributed by atoms with Gasteiger partial charge >= 0.3 is 11.6 Å². The summed E-state index contributed by atoms with van der Waals surface area (Å²) >= 11 is 0. The lowest BCUT2D eigenvalue weighted by molar-refractivity contribution is -0.121. The lowest BCUT2D eigenvalue weighted by Gasteiger charge is -2.20. The Morgan fingerprint density at radius 3 is 2.52 bits per heavy atom. The van der Waals surface area contributed by atoms with Crippen molar-refractivity contribution in [1.82, 2.24) is 0 Å². The molecule has 0 saturated heterocycles. The van der Waals surface area contributed by atoms with Gasteiger partial charge < -0.3 is 14.1 Å². The van der Waals surface area contributed by atoms with Crippen LogP contribution in [0.1, 0.15) is 17.3 Å². The van der Waals surface area contributed by atoms with Gasteiger partial charge in [-0.3, -0.25) is 4.79 Å². The van der Waals surface area contributed by atoms with Crippen LogP contribution in [0.5, 0.6) is 0 Å². The van der Waals surface area contributed by atoms with Crippen molar-refractivity contribution in [2.75, 3.05) is 18.1 Å². The zero-order valence-electron chi connectivity index (χ0n) is 14.5. The van der Waals surface area contributed by atoms with E-state index in [0.29, 0.717) is 23.2 Å². The molecule has 3 rings (SSSR count). The highest BCUT2D eigenvalue weighted by Gasteiger charge is 2.19. The zero-order chi connectivity index (χ0) is 19.4. The number of carbonyl (C=O) groups is 2. The number of anilines is 1. The molecule has 0 radical (unpaired) electrons. The van der Waals surface area contributed by atoms with Crippen LogP contribution in [0.2, 0.25) is 0 Å². The van der Waals surface area contributed by atoms with Crippen LogP contribution in [0.3, 0.4) is 0 Å². The largest absolute Gasteiger partial charge is 0.452 e. The second-order valence-electron chi connectivity index (χ2n) is 5.68. The van der Waals surface area contributed by atoms with Gasteiger partial charge in [-0.05, 0) is 43.3 Å². The van der Waals surface area contributed by atoms with E-state index in [4.69, 9.17) is 9.15 Å². The van der Waals surface area contributed by atoms with Crippen LogP contribution < -0.4 is 10.5 Å².